The van der Waals surface area contributed by atoms with Crippen LogP contribution >= 0.6 is 0 Å². The van der Waals surface area contributed by atoms with Crippen LogP contribution in [-0.4, -0.2) is 17.1 Å². The van der Waals surface area contributed by atoms with E-state index in [4.69, 9.17) is 4.43 Å². The SMILES string of the molecule is [SiH3]OCC1CC=CCC1. The van der Waals surface area contributed by atoms with Gasteiger partial charge in [-0.15, -0.1) is 0 Å². The fraction of sp³-hybridized carbons (Fsp3) is 0.714. The lowest BCUT2D eigenvalue weighted by atomic mass is 9.96. The molecular weight excluding hydrogens is 128 g/mol. The molecule has 0 spiro atoms. The molecule has 9 heavy (non-hydrogen) atoms. The zero-order chi connectivity index (χ0) is 6.53. The summed E-state index contributed by atoms with van der Waals surface area (Å²) in [6.07, 6.45) is 8.37. The Labute approximate surface area is 59.6 Å². The molecule has 0 bridgehead atoms. The average molecular weight is 142 g/mol. The van der Waals surface area contributed by atoms with E-state index in [0.29, 0.717) is 0 Å². The fourth-order valence-electron chi connectivity index (χ4n) is 1.24. The lowest BCUT2D eigenvalue weighted by Crippen LogP contribution is -2.09. The zero-order valence-electron chi connectivity index (χ0n) is 5.97. The first-order chi connectivity index (χ1) is 4.43. The first-order valence-electron chi connectivity index (χ1n) is 3.57. The van der Waals surface area contributed by atoms with Crippen LogP contribution in [0.4, 0.5) is 0 Å². The normalized spacial score (nSPS) is 26.9. The molecular formula is C7H14OSi. The van der Waals surface area contributed by atoms with Gasteiger partial charge in [-0.3, -0.25) is 0 Å². The van der Waals surface area contributed by atoms with Crippen molar-refractivity contribution >= 4 is 10.5 Å². The topological polar surface area (TPSA) is 9.23 Å². The molecule has 2 heteroatoms. The van der Waals surface area contributed by atoms with Crippen molar-refractivity contribution in [1.82, 2.24) is 0 Å². The van der Waals surface area contributed by atoms with Gasteiger partial charge < -0.3 is 4.43 Å². The Morgan fingerprint density at radius 2 is 2.44 bits per heavy atom. The van der Waals surface area contributed by atoms with Crippen LogP contribution in [0.3, 0.4) is 0 Å². The van der Waals surface area contributed by atoms with E-state index in [0.717, 1.165) is 23.0 Å². The standard InChI is InChI=1S/C7H14OSi/c9-8-6-7-4-2-1-3-5-7/h1-2,7H,3-6H2,9H3. The third-order valence-electron chi connectivity index (χ3n) is 1.78. The second kappa shape index (κ2) is 3.85. The molecule has 1 atom stereocenters. The molecule has 0 aromatic carbocycles. The second-order valence-electron chi connectivity index (χ2n) is 2.61. The number of allylic oxidation sites excluding steroid dienone is 2. The third kappa shape index (κ3) is 2.33. The summed E-state index contributed by atoms with van der Waals surface area (Å²) in [4.78, 5) is 0. The largest absolute Gasteiger partial charge is 0.428 e. The molecule has 1 aliphatic rings. The van der Waals surface area contributed by atoms with Crippen LogP contribution in [0, 0.1) is 5.92 Å². The Morgan fingerprint density at radius 3 is 3.00 bits per heavy atom. The number of hydrogen-bond donors (Lipinski definition) is 0. The summed E-state index contributed by atoms with van der Waals surface area (Å²) >= 11 is 0. The minimum atomic E-state index is 0.826. The zero-order valence-corrected chi connectivity index (χ0v) is 7.97. The molecule has 0 aliphatic heterocycles. The van der Waals surface area contributed by atoms with Gasteiger partial charge in [-0.25, -0.2) is 0 Å². The lowest BCUT2D eigenvalue weighted by Gasteiger charge is -2.15. The maximum atomic E-state index is 5.19. The van der Waals surface area contributed by atoms with Crippen molar-refractivity contribution in [1.29, 1.82) is 0 Å². The first kappa shape index (κ1) is 7.03. The van der Waals surface area contributed by atoms with E-state index in [1.165, 1.54) is 19.3 Å². The van der Waals surface area contributed by atoms with Crippen LogP contribution in [0.5, 0.6) is 0 Å². The molecule has 0 saturated carbocycles. The van der Waals surface area contributed by atoms with E-state index in [-0.39, 0.29) is 0 Å². The molecule has 1 nitrogen and oxygen atoms in total. The van der Waals surface area contributed by atoms with E-state index >= 15 is 0 Å². The van der Waals surface area contributed by atoms with Crippen LogP contribution in [0.15, 0.2) is 12.2 Å². The summed E-state index contributed by atoms with van der Waals surface area (Å²) in [6.45, 7) is 0.997. The number of hydrogen-bond acceptors (Lipinski definition) is 1. The molecule has 1 aliphatic carbocycles. The van der Waals surface area contributed by atoms with Crippen LogP contribution < -0.4 is 0 Å². The molecule has 1 rings (SSSR count). The highest BCUT2D eigenvalue weighted by Gasteiger charge is 2.07. The van der Waals surface area contributed by atoms with Crippen LogP contribution in [0.2, 0.25) is 0 Å². The first-order valence-corrected chi connectivity index (χ1v) is 4.39. The molecule has 52 valence electrons. The Morgan fingerprint density at radius 1 is 1.56 bits per heavy atom. The van der Waals surface area contributed by atoms with Gasteiger partial charge >= 0.3 is 0 Å². The molecule has 0 aromatic rings. The summed E-state index contributed by atoms with van der Waals surface area (Å²) in [5.74, 6) is 0.826. The van der Waals surface area contributed by atoms with Gasteiger partial charge in [-0.2, -0.15) is 0 Å². The molecule has 0 fully saturated rings. The highest BCUT2D eigenvalue weighted by Crippen LogP contribution is 2.17. The van der Waals surface area contributed by atoms with Crippen molar-refractivity contribution in [2.45, 2.75) is 19.3 Å². The molecule has 1 unspecified atom stereocenters. The van der Waals surface area contributed by atoms with Crippen LogP contribution in [-0.2, 0) is 4.43 Å². The Balaban J connectivity index is 2.18. The van der Waals surface area contributed by atoms with E-state index in [1.54, 1.807) is 0 Å². The van der Waals surface area contributed by atoms with Crippen molar-refractivity contribution in [3.05, 3.63) is 12.2 Å². The molecule has 0 saturated heterocycles. The monoisotopic (exact) mass is 142 g/mol. The minimum Gasteiger partial charge on any atom is -0.428 e. The van der Waals surface area contributed by atoms with Crippen LogP contribution in [0.25, 0.3) is 0 Å². The van der Waals surface area contributed by atoms with Gasteiger partial charge in [0.1, 0.15) is 10.5 Å². The van der Waals surface area contributed by atoms with Gasteiger partial charge in [0.05, 0.1) is 0 Å². The maximum absolute atomic E-state index is 5.19. The summed E-state index contributed by atoms with van der Waals surface area (Å²) in [7, 11) is 0.899. The summed E-state index contributed by atoms with van der Waals surface area (Å²) in [5, 5.41) is 0. The van der Waals surface area contributed by atoms with E-state index in [9.17, 15) is 0 Å². The summed E-state index contributed by atoms with van der Waals surface area (Å²) in [6, 6.07) is 0. The van der Waals surface area contributed by atoms with E-state index in [1.807, 2.05) is 0 Å². The number of rotatable bonds is 2. The van der Waals surface area contributed by atoms with Gasteiger partial charge in [0.15, 0.2) is 0 Å². The van der Waals surface area contributed by atoms with Crippen molar-refractivity contribution in [3.63, 3.8) is 0 Å². The van der Waals surface area contributed by atoms with Crippen molar-refractivity contribution < 1.29 is 4.43 Å². The summed E-state index contributed by atoms with van der Waals surface area (Å²) < 4.78 is 5.19. The average Bonchev–Trinajstić information content (AvgIpc) is 1.91. The highest BCUT2D eigenvalue weighted by molar-refractivity contribution is 5.97. The minimum absolute atomic E-state index is 0.826. The predicted molar refractivity (Wildman–Crippen MR) is 42.4 cm³/mol. The summed E-state index contributed by atoms with van der Waals surface area (Å²) in [5.41, 5.74) is 0. The van der Waals surface area contributed by atoms with Gasteiger partial charge in [0.2, 0.25) is 0 Å². The van der Waals surface area contributed by atoms with Crippen molar-refractivity contribution in [2.24, 2.45) is 5.92 Å². The smallest absolute Gasteiger partial charge is 0.145 e. The van der Waals surface area contributed by atoms with Crippen molar-refractivity contribution in [2.75, 3.05) is 6.61 Å². The van der Waals surface area contributed by atoms with Gasteiger partial charge in [0, 0.05) is 6.61 Å². The van der Waals surface area contributed by atoms with E-state index in [2.05, 4.69) is 12.2 Å². The predicted octanol–water partition coefficient (Wildman–Crippen LogP) is 0.640. The van der Waals surface area contributed by atoms with Gasteiger partial charge in [-0.1, -0.05) is 12.2 Å². The Hall–Kier alpha value is -0.0831. The molecule has 0 heterocycles. The second-order valence-corrected chi connectivity index (χ2v) is 3.18. The van der Waals surface area contributed by atoms with E-state index < -0.39 is 0 Å². The van der Waals surface area contributed by atoms with Crippen molar-refractivity contribution in [3.8, 4) is 0 Å². The Kier molecular flexibility index (Phi) is 3.01. The fourth-order valence-corrected chi connectivity index (χ4v) is 1.71. The van der Waals surface area contributed by atoms with Crippen LogP contribution in [0.1, 0.15) is 19.3 Å². The lowest BCUT2D eigenvalue weighted by molar-refractivity contribution is 0.258. The third-order valence-corrected chi connectivity index (χ3v) is 2.11. The molecule has 0 amide bonds. The molecule has 0 radical (unpaired) electrons. The Bertz CT molecular complexity index is 101. The molecule has 0 aromatic heterocycles. The maximum Gasteiger partial charge on any atom is 0.145 e. The van der Waals surface area contributed by atoms with Gasteiger partial charge in [0.25, 0.3) is 0 Å². The van der Waals surface area contributed by atoms with Gasteiger partial charge in [-0.05, 0) is 25.2 Å². The molecule has 0 N–H and O–H groups in total. The quantitative estimate of drug-likeness (QED) is 0.406. The highest BCUT2D eigenvalue weighted by atomic mass is 28.2.